The third-order valence-corrected chi connectivity index (χ3v) is 2.97. The lowest BCUT2D eigenvalue weighted by atomic mass is 10.1. The molecule has 0 radical (unpaired) electrons. The van der Waals surface area contributed by atoms with Gasteiger partial charge in [0.1, 0.15) is 0 Å². The van der Waals surface area contributed by atoms with Crippen LogP contribution in [0.5, 0.6) is 0 Å². The number of halogens is 1. The van der Waals surface area contributed by atoms with E-state index in [2.05, 4.69) is 15.5 Å². The normalized spacial score (nSPS) is 10.4. The van der Waals surface area contributed by atoms with Crippen molar-refractivity contribution in [1.82, 2.24) is 15.5 Å². The van der Waals surface area contributed by atoms with Crippen molar-refractivity contribution in [2.75, 3.05) is 0 Å². The summed E-state index contributed by atoms with van der Waals surface area (Å²) in [6.45, 7) is 4.11. The number of amides is 1. The molecule has 94 valence electrons. The van der Waals surface area contributed by atoms with Gasteiger partial charge in [0.25, 0.3) is 5.91 Å². The summed E-state index contributed by atoms with van der Waals surface area (Å²) >= 11 is 5.80. The standard InChI is InChI=1S/C13H14ClN3O/c1-8-12(9(2)17-16-8)13(18)15-7-10-3-5-11(14)6-4-10/h3-6H,7H2,1-2H3,(H,15,18)(H,16,17). The summed E-state index contributed by atoms with van der Waals surface area (Å²) in [5.41, 5.74) is 3.11. The zero-order chi connectivity index (χ0) is 13.1. The van der Waals surface area contributed by atoms with Crippen LogP contribution in [0.4, 0.5) is 0 Å². The average molecular weight is 264 g/mol. The highest BCUT2D eigenvalue weighted by atomic mass is 35.5. The van der Waals surface area contributed by atoms with E-state index in [4.69, 9.17) is 11.6 Å². The molecule has 2 rings (SSSR count). The van der Waals surface area contributed by atoms with E-state index < -0.39 is 0 Å². The van der Waals surface area contributed by atoms with Crippen LogP contribution in [0.25, 0.3) is 0 Å². The van der Waals surface area contributed by atoms with Gasteiger partial charge in [0.15, 0.2) is 0 Å². The van der Waals surface area contributed by atoms with Crippen molar-refractivity contribution in [3.63, 3.8) is 0 Å². The molecule has 18 heavy (non-hydrogen) atoms. The van der Waals surface area contributed by atoms with E-state index in [0.29, 0.717) is 22.8 Å². The Morgan fingerprint density at radius 3 is 2.56 bits per heavy atom. The molecule has 0 unspecified atom stereocenters. The molecular formula is C13H14ClN3O. The molecule has 1 heterocycles. The highest BCUT2D eigenvalue weighted by Crippen LogP contribution is 2.11. The quantitative estimate of drug-likeness (QED) is 0.894. The highest BCUT2D eigenvalue weighted by molar-refractivity contribution is 6.30. The summed E-state index contributed by atoms with van der Waals surface area (Å²) in [4.78, 5) is 12.0. The van der Waals surface area contributed by atoms with Crippen LogP contribution in [0, 0.1) is 13.8 Å². The molecule has 0 saturated heterocycles. The zero-order valence-electron chi connectivity index (χ0n) is 10.2. The maximum absolute atomic E-state index is 12.0. The number of aryl methyl sites for hydroxylation is 2. The Hall–Kier alpha value is -1.81. The fourth-order valence-corrected chi connectivity index (χ4v) is 1.88. The van der Waals surface area contributed by atoms with Crippen LogP contribution in [-0.4, -0.2) is 16.1 Å². The van der Waals surface area contributed by atoms with Gasteiger partial charge in [-0.15, -0.1) is 0 Å². The van der Waals surface area contributed by atoms with Crippen LogP contribution in [0.3, 0.4) is 0 Å². The molecule has 0 aliphatic heterocycles. The topological polar surface area (TPSA) is 57.8 Å². The monoisotopic (exact) mass is 263 g/mol. The molecule has 5 heteroatoms. The molecule has 2 aromatic rings. The molecule has 2 N–H and O–H groups in total. The van der Waals surface area contributed by atoms with E-state index in [-0.39, 0.29) is 5.91 Å². The molecular weight excluding hydrogens is 250 g/mol. The highest BCUT2D eigenvalue weighted by Gasteiger charge is 2.14. The van der Waals surface area contributed by atoms with Crippen LogP contribution < -0.4 is 5.32 Å². The van der Waals surface area contributed by atoms with Crippen molar-refractivity contribution in [2.24, 2.45) is 0 Å². The van der Waals surface area contributed by atoms with E-state index in [1.54, 1.807) is 19.1 Å². The summed E-state index contributed by atoms with van der Waals surface area (Å²) in [5.74, 6) is -0.117. The van der Waals surface area contributed by atoms with Gasteiger partial charge in [-0.2, -0.15) is 5.10 Å². The first-order valence-corrected chi connectivity index (χ1v) is 6.00. The molecule has 0 spiro atoms. The predicted octanol–water partition coefficient (Wildman–Crippen LogP) is 2.61. The minimum Gasteiger partial charge on any atom is -0.348 e. The first-order valence-electron chi connectivity index (χ1n) is 5.62. The van der Waals surface area contributed by atoms with Crippen LogP contribution >= 0.6 is 11.6 Å². The molecule has 0 atom stereocenters. The van der Waals surface area contributed by atoms with Crippen molar-refractivity contribution in [3.8, 4) is 0 Å². The number of hydrogen-bond acceptors (Lipinski definition) is 2. The molecule has 1 aromatic heterocycles. The van der Waals surface area contributed by atoms with Gasteiger partial charge in [0.2, 0.25) is 0 Å². The van der Waals surface area contributed by atoms with Gasteiger partial charge in [-0.1, -0.05) is 23.7 Å². The van der Waals surface area contributed by atoms with Gasteiger partial charge in [-0.3, -0.25) is 9.89 Å². The van der Waals surface area contributed by atoms with Gasteiger partial charge in [-0.05, 0) is 31.5 Å². The number of hydrogen-bond donors (Lipinski definition) is 2. The number of carbonyl (C=O) groups excluding carboxylic acids is 1. The van der Waals surface area contributed by atoms with Gasteiger partial charge in [0, 0.05) is 17.3 Å². The largest absolute Gasteiger partial charge is 0.348 e. The first-order chi connectivity index (χ1) is 8.58. The maximum Gasteiger partial charge on any atom is 0.255 e. The van der Waals surface area contributed by atoms with Gasteiger partial charge in [-0.25, -0.2) is 0 Å². The fraction of sp³-hybridized carbons (Fsp3) is 0.231. The summed E-state index contributed by atoms with van der Waals surface area (Å²) in [6, 6.07) is 7.38. The van der Waals surface area contributed by atoms with E-state index in [9.17, 15) is 4.79 Å². The minimum atomic E-state index is -0.117. The van der Waals surface area contributed by atoms with Crippen molar-refractivity contribution >= 4 is 17.5 Å². The third-order valence-electron chi connectivity index (χ3n) is 2.72. The number of carbonyl (C=O) groups is 1. The smallest absolute Gasteiger partial charge is 0.255 e. The van der Waals surface area contributed by atoms with E-state index >= 15 is 0 Å². The summed E-state index contributed by atoms with van der Waals surface area (Å²) < 4.78 is 0. The van der Waals surface area contributed by atoms with Crippen LogP contribution in [-0.2, 0) is 6.54 Å². The summed E-state index contributed by atoms with van der Waals surface area (Å²) in [6.07, 6.45) is 0. The first kappa shape index (κ1) is 12.6. The van der Waals surface area contributed by atoms with Gasteiger partial charge >= 0.3 is 0 Å². The molecule has 1 amide bonds. The second kappa shape index (κ2) is 5.23. The molecule has 0 fully saturated rings. The molecule has 0 aliphatic rings. The minimum absolute atomic E-state index is 0.117. The van der Waals surface area contributed by atoms with Crippen molar-refractivity contribution in [3.05, 3.63) is 51.8 Å². The number of rotatable bonds is 3. The Morgan fingerprint density at radius 2 is 2.00 bits per heavy atom. The maximum atomic E-state index is 12.0. The Morgan fingerprint density at radius 1 is 1.33 bits per heavy atom. The molecule has 4 nitrogen and oxygen atoms in total. The number of benzene rings is 1. The van der Waals surface area contributed by atoms with Crippen LogP contribution in [0.15, 0.2) is 24.3 Å². The lowest BCUT2D eigenvalue weighted by Gasteiger charge is -2.05. The Labute approximate surface area is 110 Å². The number of nitrogens with one attached hydrogen (secondary N) is 2. The van der Waals surface area contributed by atoms with E-state index in [0.717, 1.165) is 11.3 Å². The Bertz CT molecular complexity index is 541. The summed E-state index contributed by atoms with van der Waals surface area (Å²) in [7, 11) is 0. The van der Waals surface area contributed by atoms with Crippen LogP contribution in [0.2, 0.25) is 5.02 Å². The van der Waals surface area contributed by atoms with Crippen molar-refractivity contribution in [1.29, 1.82) is 0 Å². The number of aromatic nitrogens is 2. The number of aromatic amines is 1. The second-order valence-electron chi connectivity index (χ2n) is 4.12. The molecule has 1 aromatic carbocycles. The Kier molecular flexibility index (Phi) is 3.67. The van der Waals surface area contributed by atoms with E-state index in [1.165, 1.54) is 0 Å². The van der Waals surface area contributed by atoms with Crippen molar-refractivity contribution in [2.45, 2.75) is 20.4 Å². The number of H-pyrrole nitrogens is 1. The lowest BCUT2D eigenvalue weighted by molar-refractivity contribution is 0.0950. The van der Waals surface area contributed by atoms with Gasteiger partial charge in [0.05, 0.1) is 11.3 Å². The molecule has 0 aliphatic carbocycles. The third kappa shape index (κ3) is 2.71. The fourth-order valence-electron chi connectivity index (χ4n) is 1.76. The van der Waals surface area contributed by atoms with Crippen molar-refractivity contribution < 1.29 is 4.79 Å². The summed E-state index contributed by atoms with van der Waals surface area (Å²) in [5, 5.41) is 10.3. The lowest BCUT2D eigenvalue weighted by Crippen LogP contribution is -2.23. The average Bonchev–Trinajstić information content (AvgIpc) is 2.68. The molecule has 0 saturated carbocycles. The second-order valence-corrected chi connectivity index (χ2v) is 4.55. The Balaban J connectivity index is 2.03. The SMILES string of the molecule is Cc1n[nH]c(C)c1C(=O)NCc1ccc(Cl)cc1. The van der Waals surface area contributed by atoms with Crippen LogP contribution in [0.1, 0.15) is 27.3 Å². The van der Waals surface area contributed by atoms with E-state index in [1.807, 2.05) is 19.1 Å². The predicted molar refractivity (Wildman–Crippen MR) is 70.7 cm³/mol. The van der Waals surface area contributed by atoms with Gasteiger partial charge < -0.3 is 5.32 Å². The zero-order valence-corrected chi connectivity index (χ0v) is 11.0. The number of nitrogens with zero attached hydrogens (tertiary/aromatic N) is 1. The molecule has 0 bridgehead atoms.